The molecule has 0 atom stereocenters. The zero-order chi connectivity index (χ0) is 21.1. The summed E-state index contributed by atoms with van der Waals surface area (Å²) in [6.07, 6.45) is 0. The smallest absolute Gasteiger partial charge is 0.336 e. The zero-order valence-electron chi connectivity index (χ0n) is 17.4. The molecule has 0 bridgehead atoms. The number of amides is 1. The van der Waals surface area contributed by atoms with Crippen LogP contribution < -0.4 is 15.3 Å². The minimum Gasteiger partial charge on any atom is -0.483 e. The highest BCUT2D eigenvalue weighted by Crippen LogP contribution is 2.28. The number of hydrogen-bond donors (Lipinski definition) is 1. The summed E-state index contributed by atoms with van der Waals surface area (Å²) in [4.78, 5) is 27.7. The first-order valence-corrected chi connectivity index (χ1v) is 10.3. The summed E-state index contributed by atoms with van der Waals surface area (Å²) in [5.41, 5.74) is 3.06. The van der Waals surface area contributed by atoms with Gasteiger partial charge in [-0.2, -0.15) is 0 Å². The lowest BCUT2D eigenvalue weighted by Gasteiger charge is -2.32. The van der Waals surface area contributed by atoms with Crippen LogP contribution >= 0.6 is 0 Å². The molecule has 1 N–H and O–H groups in total. The highest BCUT2D eigenvalue weighted by Gasteiger charge is 2.24. The van der Waals surface area contributed by atoms with Crippen LogP contribution in [0.3, 0.4) is 0 Å². The first-order valence-electron chi connectivity index (χ1n) is 10.3. The Morgan fingerprint density at radius 2 is 1.83 bits per heavy atom. The third kappa shape index (κ3) is 4.39. The fourth-order valence-corrected chi connectivity index (χ4v) is 4.02. The predicted octanol–water partition coefficient (Wildman–Crippen LogP) is 1.72. The largest absolute Gasteiger partial charge is 0.483 e. The maximum atomic E-state index is 12.6. The molecule has 30 heavy (non-hydrogen) atoms. The minimum atomic E-state index is -0.382. The van der Waals surface area contributed by atoms with Crippen LogP contribution in [0.5, 0.6) is 5.75 Å². The van der Waals surface area contributed by atoms with Gasteiger partial charge >= 0.3 is 5.63 Å². The standard InChI is InChI=1S/C24H26N2O4/c1-17-14-23(28)30-24-18(2)21(9-8-20(17)24)29-16-22(27)26-12-10-25(11-13-26)15-19-6-4-3-5-7-19/h3-9,14H,10-13,15-16H2,1-2H3/p+1. The number of nitrogens with one attached hydrogen (secondary N) is 1. The maximum Gasteiger partial charge on any atom is 0.336 e. The lowest BCUT2D eigenvalue weighted by Crippen LogP contribution is -3.13. The number of carbonyl (C=O) groups is 1. The number of quaternary nitrogens is 1. The van der Waals surface area contributed by atoms with Gasteiger partial charge < -0.3 is 19.0 Å². The van der Waals surface area contributed by atoms with Gasteiger partial charge in [-0.1, -0.05) is 30.3 Å². The van der Waals surface area contributed by atoms with Crippen LogP contribution in [-0.4, -0.2) is 43.6 Å². The quantitative estimate of drug-likeness (QED) is 0.654. The Morgan fingerprint density at radius 3 is 2.57 bits per heavy atom. The van der Waals surface area contributed by atoms with E-state index in [0.717, 1.165) is 49.2 Å². The predicted molar refractivity (Wildman–Crippen MR) is 115 cm³/mol. The van der Waals surface area contributed by atoms with Crippen LogP contribution in [0.25, 0.3) is 11.0 Å². The Bertz CT molecular complexity index is 1100. The first-order chi connectivity index (χ1) is 14.5. The fraction of sp³-hybridized carbons (Fsp3) is 0.333. The van der Waals surface area contributed by atoms with Crippen LogP contribution in [0.4, 0.5) is 0 Å². The Hall–Kier alpha value is -3.12. The Balaban J connectivity index is 1.34. The van der Waals surface area contributed by atoms with Crippen molar-refractivity contribution in [2.24, 2.45) is 0 Å². The molecule has 1 fully saturated rings. The molecule has 1 aliphatic rings. The molecule has 6 nitrogen and oxygen atoms in total. The van der Waals surface area contributed by atoms with Gasteiger partial charge in [0.25, 0.3) is 5.91 Å². The van der Waals surface area contributed by atoms with Crippen LogP contribution in [-0.2, 0) is 11.3 Å². The Kier molecular flexibility index (Phi) is 5.86. The average Bonchev–Trinajstić information content (AvgIpc) is 2.75. The summed E-state index contributed by atoms with van der Waals surface area (Å²) >= 11 is 0. The molecule has 2 aromatic carbocycles. The van der Waals surface area contributed by atoms with E-state index in [1.165, 1.54) is 16.5 Å². The second kappa shape index (κ2) is 8.71. The molecule has 0 spiro atoms. The third-order valence-electron chi connectivity index (χ3n) is 5.79. The van der Waals surface area contributed by atoms with Crippen molar-refractivity contribution in [1.29, 1.82) is 0 Å². The van der Waals surface area contributed by atoms with Crippen LogP contribution in [0.2, 0.25) is 0 Å². The van der Waals surface area contributed by atoms with Crippen molar-refractivity contribution in [3.8, 4) is 5.75 Å². The number of piperazine rings is 1. The molecule has 0 radical (unpaired) electrons. The first kappa shape index (κ1) is 20.2. The van der Waals surface area contributed by atoms with Crippen molar-refractivity contribution in [1.82, 2.24) is 4.90 Å². The molecule has 2 heterocycles. The molecule has 1 amide bonds. The number of carbonyl (C=O) groups excluding carboxylic acids is 1. The van der Waals surface area contributed by atoms with E-state index in [-0.39, 0.29) is 18.1 Å². The van der Waals surface area contributed by atoms with E-state index in [9.17, 15) is 9.59 Å². The van der Waals surface area contributed by atoms with Gasteiger partial charge in [0.1, 0.15) is 17.9 Å². The lowest BCUT2D eigenvalue weighted by molar-refractivity contribution is -0.917. The summed E-state index contributed by atoms with van der Waals surface area (Å²) in [5, 5.41) is 0.878. The van der Waals surface area contributed by atoms with Crippen molar-refractivity contribution < 1.29 is 18.8 Å². The van der Waals surface area contributed by atoms with Gasteiger partial charge in [0.15, 0.2) is 6.61 Å². The number of ether oxygens (including phenoxy) is 1. The monoisotopic (exact) mass is 407 g/mol. The number of benzene rings is 2. The molecule has 3 aromatic rings. The molecule has 156 valence electrons. The van der Waals surface area contributed by atoms with Gasteiger partial charge in [-0.3, -0.25) is 4.79 Å². The molecule has 1 saturated heterocycles. The van der Waals surface area contributed by atoms with Gasteiger partial charge in [0, 0.05) is 22.6 Å². The van der Waals surface area contributed by atoms with Crippen molar-refractivity contribution in [3.63, 3.8) is 0 Å². The summed E-state index contributed by atoms with van der Waals surface area (Å²) in [6.45, 7) is 8.01. The zero-order valence-corrected chi connectivity index (χ0v) is 17.4. The molecule has 6 heteroatoms. The average molecular weight is 407 g/mol. The van der Waals surface area contributed by atoms with Gasteiger partial charge in [-0.05, 0) is 31.5 Å². The van der Waals surface area contributed by atoms with E-state index < -0.39 is 0 Å². The lowest BCUT2D eigenvalue weighted by atomic mass is 10.1. The summed E-state index contributed by atoms with van der Waals surface area (Å²) in [5.74, 6) is 0.553. The maximum absolute atomic E-state index is 12.6. The van der Waals surface area contributed by atoms with Crippen LogP contribution in [0, 0.1) is 13.8 Å². The topological polar surface area (TPSA) is 64.2 Å². The number of fused-ring (bicyclic) bond motifs is 1. The van der Waals surface area contributed by atoms with Gasteiger partial charge in [0.2, 0.25) is 0 Å². The van der Waals surface area contributed by atoms with Gasteiger partial charge in [-0.25, -0.2) is 4.79 Å². The molecular weight excluding hydrogens is 380 g/mol. The van der Waals surface area contributed by atoms with Gasteiger partial charge in [-0.15, -0.1) is 0 Å². The summed E-state index contributed by atoms with van der Waals surface area (Å²) in [7, 11) is 0. The Morgan fingerprint density at radius 1 is 1.10 bits per heavy atom. The molecular formula is C24H27N2O4+. The Labute approximate surface area is 175 Å². The van der Waals surface area contributed by atoms with Crippen molar-refractivity contribution >= 4 is 16.9 Å². The number of rotatable bonds is 5. The minimum absolute atomic E-state index is 0.0149. The number of nitrogens with zero attached hydrogens (tertiary/aromatic N) is 1. The molecule has 0 unspecified atom stereocenters. The fourth-order valence-electron chi connectivity index (χ4n) is 4.02. The van der Waals surface area contributed by atoms with E-state index in [2.05, 4.69) is 24.3 Å². The van der Waals surface area contributed by atoms with E-state index in [1.807, 2.05) is 36.9 Å². The molecule has 1 aromatic heterocycles. The van der Waals surface area contributed by atoms with Crippen LogP contribution in [0.1, 0.15) is 16.7 Å². The summed E-state index contributed by atoms with van der Waals surface area (Å²) in [6, 6.07) is 15.6. The summed E-state index contributed by atoms with van der Waals surface area (Å²) < 4.78 is 11.2. The van der Waals surface area contributed by atoms with E-state index in [1.54, 1.807) is 0 Å². The molecule has 0 aliphatic carbocycles. The van der Waals surface area contributed by atoms with Crippen LogP contribution in [0.15, 0.2) is 57.7 Å². The highest BCUT2D eigenvalue weighted by molar-refractivity contribution is 5.85. The molecule has 1 aliphatic heterocycles. The van der Waals surface area contributed by atoms with Crippen molar-refractivity contribution in [2.45, 2.75) is 20.4 Å². The molecule has 0 saturated carbocycles. The number of hydrogen-bond acceptors (Lipinski definition) is 4. The highest BCUT2D eigenvalue weighted by atomic mass is 16.5. The number of aryl methyl sites for hydroxylation is 2. The van der Waals surface area contributed by atoms with Crippen molar-refractivity contribution in [3.05, 3.63) is 75.6 Å². The second-order valence-electron chi connectivity index (χ2n) is 7.90. The third-order valence-corrected chi connectivity index (χ3v) is 5.79. The SMILES string of the molecule is Cc1cc(=O)oc2c(C)c(OCC(=O)N3CC[NH+](Cc4ccccc4)CC3)ccc12. The van der Waals surface area contributed by atoms with E-state index >= 15 is 0 Å². The van der Waals surface area contributed by atoms with Gasteiger partial charge in [0.05, 0.1) is 26.2 Å². The molecule has 4 rings (SSSR count). The van der Waals surface area contributed by atoms with E-state index in [0.29, 0.717) is 11.3 Å². The van der Waals surface area contributed by atoms with Crippen molar-refractivity contribution in [2.75, 3.05) is 32.8 Å². The van der Waals surface area contributed by atoms with E-state index in [4.69, 9.17) is 9.15 Å². The normalized spacial score (nSPS) is 14.8. The second-order valence-corrected chi connectivity index (χ2v) is 7.90.